The Hall–Kier alpha value is -1.60. The van der Waals surface area contributed by atoms with Crippen molar-refractivity contribution in [2.24, 2.45) is 0 Å². The molecular formula is C15H27N3O4. The van der Waals surface area contributed by atoms with Crippen LogP contribution in [0.1, 0.15) is 41.0 Å². The molecule has 0 aromatic carbocycles. The van der Waals surface area contributed by atoms with E-state index in [1.165, 1.54) is 0 Å². The zero-order valence-electron chi connectivity index (χ0n) is 13.9. The maximum atomic E-state index is 12.2. The van der Waals surface area contributed by atoms with Gasteiger partial charge in [-0.05, 0) is 40.7 Å². The Morgan fingerprint density at radius 3 is 2.41 bits per heavy atom. The number of hydrogen-bond acceptors (Lipinski definition) is 5. The van der Waals surface area contributed by atoms with E-state index < -0.39 is 17.9 Å². The van der Waals surface area contributed by atoms with Gasteiger partial charge in [0.2, 0.25) is 5.91 Å². The number of aliphatic hydroxyl groups is 1. The molecular weight excluding hydrogens is 286 g/mol. The first kappa shape index (κ1) is 18.4. The first-order valence-corrected chi connectivity index (χ1v) is 7.36. The highest BCUT2D eigenvalue weighted by atomic mass is 16.4. The molecule has 1 aliphatic heterocycles. The molecule has 0 saturated heterocycles. The van der Waals surface area contributed by atoms with Gasteiger partial charge in [-0.3, -0.25) is 14.9 Å². The minimum Gasteiger partial charge on any atom is -0.511 e. The Morgan fingerprint density at radius 2 is 2.00 bits per heavy atom. The summed E-state index contributed by atoms with van der Waals surface area (Å²) in [4.78, 5) is 23.1. The second-order valence-corrected chi connectivity index (χ2v) is 7.28. The topological polar surface area (TPSA) is 111 Å². The van der Waals surface area contributed by atoms with E-state index in [9.17, 15) is 14.7 Å². The minimum atomic E-state index is -1.04. The van der Waals surface area contributed by atoms with Crippen LogP contribution in [0.25, 0.3) is 0 Å². The third-order valence-electron chi connectivity index (χ3n) is 3.19. The second kappa shape index (κ2) is 6.66. The van der Waals surface area contributed by atoms with Crippen LogP contribution in [0.15, 0.2) is 11.8 Å². The van der Waals surface area contributed by atoms with Crippen LogP contribution in [0, 0.1) is 0 Å². The smallest absolute Gasteiger partial charge is 0.305 e. The lowest BCUT2D eigenvalue weighted by Crippen LogP contribution is -2.54. The maximum Gasteiger partial charge on any atom is 0.305 e. The van der Waals surface area contributed by atoms with Gasteiger partial charge in [0.05, 0.1) is 18.5 Å². The molecule has 0 bridgehead atoms. The average molecular weight is 313 g/mol. The Balaban J connectivity index is 2.60. The van der Waals surface area contributed by atoms with Crippen molar-refractivity contribution in [1.82, 2.24) is 16.0 Å². The standard InChI is InChI=1S/C15H27N3O4/c1-14(2,3)17-9(6-12(20)21)13(22)16-8-10-11(19)7-15(4,5)18-10/h7,9-10,17-19H,6,8H2,1-5H3,(H,16,22)(H,20,21)/t9-,10+/m0/s1. The van der Waals surface area contributed by atoms with Crippen molar-refractivity contribution >= 4 is 11.9 Å². The third kappa shape index (κ3) is 6.03. The fraction of sp³-hybridized carbons (Fsp3) is 0.733. The van der Waals surface area contributed by atoms with Crippen LogP contribution in [0.2, 0.25) is 0 Å². The van der Waals surface area contributed by atoms with Crippen LogP contribution in [0.3, 0.4) is 0 Å². The Morgan fingerprint density at radius 1 is 1.41 bits per heavy atom. The molecule has 0 unspecified atom stereocenters. The summed E-state index contributed by atoms with van der Waals surface area (Å²) in [6, 6.07) is -1.18. The first-order chi connectivity index (χ1) is 9.89. The number of rotatable bonds is 6. The molecule has 7 nitrogen and oxygen atoms in total. The molecule has 2 atom stereocenters. The zero-order valence-corrected chi connectivity index (χ0v) is 13.9. The normalized spacial score (nSPS) is 22.0. The molecule has 0 radical (unpaired) electrons. The molecule has 126 valence electrons. The number of carboxylic acid groups (broad SMARTS) is 1. The lowest BCUT2D eigenvalue weighted by atomic mass is 10.0. The molecule has 22 heavy (non-hydrogen) atoms. The summed E-state index contributed by atoms with van der Waals surface area (Å²) < 4.78 is 0. The lowest BCUT2D eigenvalue weighted by Gasteiger charge is -2.27. The molecule has 0 aliphatic carbocycles. The molecule has 0 aromatic heterocycles. The zero-order chi connectivity index (χ0) is 17.1. The number of aliphatic carboxylic acids is 1. The van der Waals surface area contributed by atoms with Gasteiger partial charge in [0.15, 0.2) is 0 Å². The van der Waals surface area contributed by atoms with Crippen molar-refractivity contribution in [3.05, 3.63) is 11.8 Å². The van der Waals surface area contributed by atoms with Crippen LogP contribution in [-0.4, -0.2) is 51.8 Å². The van der Waals surface area contributed by atoms with Gasteiger partial charge in [0.25, 0.3) is 0 Å². The average Bonchev–Trinajstić information content (AvgIpc) is 2.55. The molecule has 1 aliphatic rings. The molecule has 0 fully saturated rings. The van der Waals surface area contributed by atoms with E-state index in [1.54, 1.807) is 6.08 Å². The van der Waals surface area contributed by atoms with Crippen molar-refractivity contribution in [2.45, 2.75) is 64.2 Å². The summed E-state index contributed by atoms with van der Waals surface area (Å²) in [5.74, 6) is -1.25. The highest BCUT2D eigenvalue weighted by molar-refractivity contribution is 5.86. The molecule has 5 N–H and O–H groups in total. The first-order valence-electron chi connectivity index (χ1n) is 7.36. The summed E-state index contributed by atoms with van der Waals surface area (Å²) in [5.41, 5.74) is -0.712. The van der Waals surface area contributed by atoms with Crippen molar-refractivity contribution in [1.29, 1.82) is 0 Å². The molecule has 1 heterocycles. The number of nitrogens with one attached hydrogen (secondary N) is 3. The Labute approximate surface area is 131 Å². The van der Waals surface area contributed by atoms with Gasteiger partial charge in [-0.25, -0.2) is 0 Å². The molecule has 0 spiro atoms. The molecule has 0 saturated carbocycles. The van der Waals surface area contributed by atoms with Crippen LogP contribution in [-0.2, 0) is 9.59 Å². The fourth-order valence-electron chi connectivity index (χ4n) is 2.42. The van der Waals surface area contributed by atoms with Crippen molar-refractivity contribution in [2.75, 3.05) is 6.54 Å². The second-order valence-electron chi connectivity index (χ2n) is 7.28. The van der Waals surface area contributed by atoms with E-state index in [1.807, 2.05) is 34.6 Å². The van der Waals surface area contributed by atoms with Crippen LogP contribution in [0.5, 0.6) is 0 Å². The number of carbonyl (C=O) groups is 2. The van der Waals surface area contributed by atoms with E-state index in [4.69, 9.17) is 5.11 Å². The van der Waals surface area contributed by atoms with E-state index >= 15 is 0 Å². The van der Waals surface area contributed by atoms with Crippen molar-refractivity contribution in [3.63, 3.8) is 0 Å². The van der Waals surface area contributed by atoms with Crippen LogP contribution >= 0.6 is 0 Å². The van der Waals surface area contributed by atoms with Gasteiger partial charge in [0.1, 0.15) is 5.76 Å². The van der Waals surface area contributed by atoms with Crippen molar-refractivity contribution < 1.29 is 19.8 Å². The van der Waals surface area contributed by atoms with Gasteiger partial charge in [-0.1, -0.05) is 0 Å². The highest BCUT2D eigenvalue weighted by Gasteiger charge is 2.32. The van der Waals surface area contributed by atoms with Gasteiger partial charge in [-0.2, -0.15) is 0 Å². The monoisotopic (exact) mass is 313 g/mol. The summed E-state index contributed by atoms with van der Waals surface area (Å²) in [6.07, 6.45) is 1.40. The largest absolute Gasteiger partial charge is 0.511 e. The Bertz CT molecular complexity index is 466. The van der Waals surface area contributed by atoms with E-state index in [-0.39, 0.29) is 35.8 Å². The third-order valence-corrected chi connectivity index (χ3v) is 3.19. The minimum absolute atomic E-state index is 0.184. The number of amides is 1. The molecule has 1 rings (SSSR count). The quantitative estimate of drug-likeness (QED) is 0.489. The van der Waals surface area contributed by atoms with E-state index in [2.05, 4.69) is 16.0 Å². The Kier molecular flexibility index (Phi) is 5.59. The molecule has 7 heteroatoms. The van der Waals surface area contributed by atoms with Crippen molar-refractivity contribution in [3.8, 4) is 0 Å². The van der Waals surface area contributed by atoms with Crippen LogP contribution in [0.4, 0.5) is 0 Å². The fourth-order valence-corrected chi connectivity index (χ4v) is 2.42. The SMILES string of the molecule is CC(C)(C)N[C@@H](CC(=O)O)C(=O)NC[C@H]1NC(C)(C)C=C1O. The summed E-state index contributed by atoms with van der Waals surface area (Å²) in [6.45, 7) is 9.63. The predicted octanol–water partition coefficient (Wildman–Crippen LogP) is 0.526. The lowest BCUT2D eigenvalue weighted by molar-refractivity contribution is -0.140. The summed E-state index contributed by atoms with van der Waals surface area (Å²) >= 11 is 0. The highest BCUT2D eigenvalue weighted by Crippen LogP contribution is 2.18. The predicted molar refractivity (Wildman–Crippen MR) is 83.7 cm³/mol. The van der Waals surface area contributed by atoms with Gasteiger partial charge in [-0.15, -0.1) is 0 Å². The van der Waals surface area contributed by atoms with E-state index in [0.29, 0.717) is 0 Å². The van der Waals surface area contributed by atoms with E-state index in [0.717, 1.165) is 0 Å². The summed E-state index contributed by atoms with van der Waals surface area (Å²) in [7, 11) is 0. The van der Waals surface area contributed by atoms with Gasteiger partial charge >= 0.3 is 5.97 Å². The number of aliphatic hydroxyl groups excluding tert-OH is 1. The number of hydrogen-bond donors (Lipinski definition) is 5. The number of carbonyl (C=O) groups excluding carboxylic acids is 1. The molecule has 0 aromatic rings. The molecule has 1 amide bonds. The maximum absolute atomic E-state index is 12.2. The number of carboxylic acids is 1. The van der Waals surface area contributed by atoms with Crippen LogP contribution < -0.4 is 16.0 Å². The van der Waals surface area contributed by atoms with Gasteiger partial charge < -0.3 is 20.8 Å². The van der Waals surface area contributed by atoms with Gasteiger partial charge in [0, 0.05) is 17.6 Å². The summed E-state index contributed by atoms with van der Waals surface area (Å²) in [5, 5.41) is 27.6.